The monoisotopic (exact) mass is 313 g/mol. The first kappa shape index (κ1) is 16.1. The van der Waals surface area contributed by atoms with Gasteiger partial charge in [-0.25, -0.2) is 0 Å². The summed E-state index contributed by atoms with van der Waals surface area (Å²) in [5.74, 6) is 1.75. The first-order valence-electron chi connectivity index (χ1n) is 8.56. The Kier molecular flexibility index (Phi) is 5.34. The van der Waals surface area contributed by atoms with Gasteiger partial charge < -0.3 is 4.74 Å². The van der Waals surface area contributed by atoms with E-state index in [0.29, 0.717) is 0 Å². The molecule has 0 saturated carbocycles. The maximum absolute atomic E-state index is 5.22. The normalized spacial score (nSPS) is 19.0. The van der Waals surface area contributed by atoms with Gasteiger partial charge in [0.15, 0.2) is 0 Å². The lowest BCUT2D eigenvalue weighted by Crippen LogP contribution is -2.35. The number of aromatic nitrogens is 2. The maximum atomic E-state index is 5.22. The fourth-order valence-corrected chi connectivity index (χ4v) is 3.51. The number of nitrogens with zero attached hydrogens (tertiary/aromatic N) is 3. The van der Waals surface area contributed by atoms with E-state index in [0.717, 1.165) is 24.6 Å². The molecule has 0 N–H and O–H groups in total. The van der Waals surface area contributed by atoms with Gasteiger partial charge in [-0.05, 0) is 55.8 Å². The molecule has 4 nitrogen and oxygen atoms in total. The Morgan fingerprint density at radius 2 is 2.04 bits per heavy atom. The van der Waals surface area contributed by atoms with Crippen LogP contribution in [0.5, 0.6) is 5.75 Å². The van der Waals surface area contributed by atoms with E-state index in [1.807, 2.05) is 17.9 Å². The summed E-state index contributed by atoms with van der Waals surface area (Å²) in [6.07, 6.45) is 9.22. The summed E-state index contributed by atoms with van der Waals surface area (Å²) in [7, 11) is 3.70. The van der Waals surface area contributed by atoms with Crippen molar-refractivity contribution in [3.8, 4) is 5.75 Å². The van der Waals surface area contributed by atoms with Gasteiger partial charge in [0.2, 0.25) is 0 Å². The van der Waals surface area contributed by atoms with Gasteiger partial charge in [-0.2, -0.15) is 5.10 Å². The molecule has 23 heavy (non-hydrogen) atoms. The summed E-state index contributed by atoms with van der Waals surface area (Å²) in [4.78, 5) is 2.58. The van der Waals surface area contributed by atoms with Crippen molar-refractivity contribution < 1.29 is 4.74 Å². The smallest absolute Gasteiger partial charge is 0.118 e. The quantitative estimate of drug-likeness (QED) is 0.820. The van der Waals surface area contributed by atoms with Crippen LogP contribution in [0.15, 0.2) is 36.7 Å². The molecule has 1 aromatic heterocycles. The molecule has 1 fully saturated rings. The fraction of sp³-hybridized carbons (Fsp3) is 0.526. The van der Waals surface area contributed by atoms with Crippen molar-refractivity contribution in [2.45, 2.75) is 32.2 Å². The lowest BCUT2D eigenvalue weighted by molar-refractivity contribution is 0.162. The lowest BCUT2D eigenvalue weighted by atomic mass is 9.91. The molecule has 0 spiro atoms. The minimum Gasteiger partial charge on any atom is -0.497 e. The van der Waals surface area contributed by atoms with Crippen LogP contribution >= 0.6 is 0 Å². The average molecular weight is 313 g/mol. The number of piperidine rings is 1. The third-order valence-corrected chi connectivity index (χ3v) is 4.77. The van der Waals surface area contributed by atoms with Gasteiger partial charge in [0.1, 0.15) is 5.75 Å². The molecule has 0 amide bonds. The number of rotatable bonds is 6. The molecule has 4 heteroatoms. The zero-order chi connectivity index (χ0) is 16.1. The zero-order valence-corrected chi connectivity index (χ0v) is 14.2. The standard InChI is InChI=1S/C19H27N3O/c1-21-13-18(12-20-21)15-22-11-3-4-17(14-22)6-5-16-7-9-19(23-2)10-8-16/h7-10,12-13,17H,3-6,11,14-15H2,1-2H3. The lowest BCUT2D eigenvalue weighted by Gasteiger charge is -2.32. The van der Waals surface area contributed by atoms with E-state index in [1.54, 1.807) is 7.11 Å². The molecular formula is C19H27N3O. The number of methoxy groups -OCH3 is 1. The molecule has 1 aliphatic rings. The maximum Gasteiger partial charge on any atom is 0.118 e. The molecule has 1 saturated heterocycles. The van der Waals surface area contributed by atoms with Crippen LogP contribution in [-0.2, 0) is 20.0 Å². The van der Waals surface area contributed by atoms with Gasteiger partial charge in [-0.3, -0.25) is 9.58 Å². The van der Waals surface area contributed by atoms with Crippen LogP contribution in [0.4, 0.5) is 0 Å². The minimum absolute atomic E-state index is 0.808. The number of benzene rings is 1. The van der Waals surface area contributed by atoms with Crippen molar-refractivity contribution >= 4 is 0 Å². The molecule has 1 atom stereocenters. The molecule has 2 aromatic rings. The van der Waals surface area contributed by atoms with Crippen molar-refractivity contribution in [3.63, 3.8) is 0 Å². The molecule has 1 aliphatic heterocycles. The van der Waals surface area contributed by atoms with Crippen LogP contribution in [0.25, 0.3) is 0 Å². The van der Waals surface area contributed by atoms with Crippen molar-refractivity contribution in [2.24, 2.45) is 13.0 Å². The van der Waals surface area contributed by atoms with Crippen LogP contribution in [0.2, 0.25) is 0 Å². The molecule has 124 valence electrons. The number of hydrogen-bond donors (Lipinski definition) is 0. The summed E-state index contributed by atoms with van der Waals surface area (Å²) in [5, 5.41) is 4.27. The molecule has 1 aromatic carbocycles. The first-order valence-corrected chi connectivity index (χ1v) is 8.56. The second-order valence-corrected chi connectivity index (χ2v) is 6.65. The Morgan fingerprint density at radius 3 is 2.74 bits per heavy atom. The largest absolute Gasteiger partial charge is 0.497 e. The van der Waals surface area contributed by atoms with E-state index in [4.69, 9.17) is 4.74 Å². The van der Waals surface area contributed by atoms with E-state index in [1.165, 1.54) is 43.5 Å². The van der Waals surface area contributed by atoms with Crippen molar-refractivity contribution in [1.29, 1.82) is 0 Å². The number of ether oxygens (including phenoxy) is 1. The Morgan fingerprint density at radius 1 is 1.22 bits per heavy atom. The highest BCUT2D eigenvalue weighted by molar-refractivity contribution is 5.27. The molecule has 2 heterocycles. The van der Waals surface area contributed by atoms with E-state index in [-0.39, 0.29) is 0 Å². The van der Waals surface area contributed by atoms with Gasteiger partial charge >= 0.3 is 0 Å². The van der Waals surface area contributed by atoms with Crippen molar-refractivity contribution in [2.75, 3.05) is 20.2 Å². The second-order valence-electron chi connectivity index (χ2n) is 6.65. The van der Waals surface area contributed by atoms with Crippen LogP contribution in [-0.4, -0.2) is 34.9 Å². The Labute approximate surface area is 139 Å². The van der Waals surface area contributed by atoms with Gasteiger partial charge in [-0.15, -0.1) is 0 Å². The SMILES string of the molecule is COc1ccc(CCC2CCCN(Cc3cnn(C)c3)C2)cc1. The summed E-state index contributed by atoms with van der Waals surface area (Å²) in [6, 6.07) is 8.50. The molecule has 0 aliphatic carbocycles. The number of aryl methyl sites for hydroxylation is 2. The summed E-state index contributed by atoms with van der Waals surface area (Å²) in [5.41, 5.74) is 2.73. The van der Waals surface area contributed by atoms with Crippen molar-refractivity contribution in [1.82, 2.24) is 14.7 Å². The summed E-state index contributed by atoms with van der Waals surface area (Å²) >= 11 is 0. The van der Waals surface area contributed by atoms with Crippen LogP contribution in [0.1, 0.15) is 30.4 Å². The highest BCUT2D eigenvalue weighted by atomic mass is 16.5. The Hall–Kier alpha value is -1.81. The van der Waals surface area contributed by atoms with Gasteiger partial charge in [0.25, 0.3) is 0 Å². The van der Waals surface area contributed by atoms with Gasteiger partial charge in [0.05, 0.1) is 13.3 Å². The topological polar surface area (TPSA) is 30.3 Å². The van der Waals surface area contributed by atoms with Gasteiger partial charge in [0, 0.05) is 31.9 Å². The highest BCUT2D eigenvalue weighted by Crippen LogP contribution is 2.23. The van der Waals surface area contributed by atoms with Crippen LogP contribution in [0, 0.1) is 5.92 Å². The van der Waals surface area contributed by atoms with E-state index >= 15 is 0 Å². The van der Waals surface area contributed by atoms with E-state index in [2.05, 4.69) is 40.5 Å². The Bertz CT molecular complexity index is 605. The number of hydrogen-bond acceptors (Lipinski definition) is 3. The van der Waals surface area contributed by atoms with E-state index in [9.17, 15) is 0 Å². The van der Waals surface area contributed by atoms with Crippen LogP contribution < -0.4 is 4.74 Å². The average Bonchev–Trinajstić information content (AvgIpc) is 2.99. The molecular weight excluding hydrogens is 286 g/mol. The minimum atomic E-state index is 0.808. The summed E-state index contributed by atoms with van der Waals surface area (Å²) in [6.45, 7) is 3.46. The predicted molar refractivity (Wildman–Crippen MR) is 92.5 cm³/mol. The fourth-order valence-electron chi connectivity index (χ4n) is 3.51. The highest BCUT2D eigenvalue weighted by Gasteiger charge is 2.20. The molecule has 3 rings (SSSR count). The molecule has 0 radical (unpaired) electrons. The van der Waals surface area contributed by atoms with Gasteiger partial charge in [-0.1, -0.05) is 12.1 Å². The number of likely N-dealkylation sites (tertiary alicyclic amines) is 1. The molecule has 0 bridgehead atoms. The Balaban J connectivity index is 1.48. The second kappa shape index (κ2) is 7.64. The first-order chi connectivity index (χ1) is 11.2. The third kappa shape index (κ3) is 4.58. The van der Waals surface area contributed by atoms with Crippen LogP contribution in [0.3, 0.4) is 0 Å². The van der Waals surface area contributed by atoms with E-state index < -0.39 is 0 Å². The third-order valence-electron chi connectivity index (χ3n) is 4.77. The predicted octanol–water partition coefficient (Wildman–Crippen LogP) is 3.27. The zero-order valence-electron chi connectivity index (χ0n) is 14.2. The molecule has 1 unspecified atom stereocenters. The summed E-state index contributed by atoms with van der Waals surface area (Å²) < 4.78 is 7.11. The van der Waals surface area contributed by atoms with Crippen molar-refractivity contribution in [3.05, 3.63) is 47.8 Å².